The van der Waals surface area contributed by atoms with Gasteiger partial charge in [0.05, 0.1) is 6.10 Å². The van der Waals surface area contributed by atoms with E-state index >= 15 is 0 Å². The summed E-state index contributed by atoms with van der Waals surface area (Å²) in [5.41, 5.74) is 0. The third-order valence-electron chi connectivity index (χ3n) is 3.98. The molecule has 3 atom stereocenters. The zero-order chi connectivity index (χ0) is 10.7. The van der Waals surface area contributed by atoms with Crippen molar-refractivity contribution in [3.8, 4) is 0 Å². The van der Waals surface area contributed by atoms with Crippen LogP contribution in [0.3, 0.4) is 0 Å². The monoisotopic (exact) mass is 211 g/mol. The topological polar surface area (TPSA) is 21.3 Å². The molecular weight excluding hydrogens is 186 g/mol. The molecule has 15 heavy (non-hydrogen) atoms. The molecule has 0 radical (unpaired) electrons. The summed E-state index contributed by atoms with van der Waals surface area (Å²) in [4.78, 5) is 0. The Labute approximate surface area is 93.8 Å². The van der Waals surface area contributed by atoms with Gasteiger partial charge in [0.25, 0.3) is 0 Å². The summed E-state index contributed by atoms with van der Waals surface area (Å²) in [6.45, 7) is 3.34. The normalized spacial score (nSPS) is 36.8. The van der Waals surface area contributed by atoms with Gasteiger partial charge in [0.1, 0.15) is 0 Å². The maximum absolute atomic E-state index is 6.05. The van der Waals surface area contributed by atoms with Crippen LogP contribution in [0.15, 0.2) is 0 Å². The Morgan fingerprint density at radius 3 is 2.67 bits per heavy atom. The Hall–Kier alpha value is -0.0800. The molecule has 1 N–H and O–H groups in total. The van der Waals surface area contributed by atoms with Crippen LogP contribution >= 0.6 is 0 Å². The molecule has 2 aliphatic carbocycles. The summed E-state index contributed by atoms with van der Waals surface area (Å²) in [5.74, 6) is 1.85. The maximum Gasteiger partial charge on any atom is 0.0730 e. The van der Waals surface area contributed by atoms with Crippen molar-refractivity contribution in [1.82, 2.24) is 5.32 Å². The number of likely N-dealkylation sites (N-methyl/N-ethyl adjacent to an activating group) is 1. The van der Waals surface area contributed by atoms with E-state index in [4.69, 9.17) is 4.74 Å². The summed E-state index contributed by atoms with van der Waals surface area (Å²) in [6.07, 6.45) is 8.54. The van der Waals surface area contributed by atoms with Gasteiger partial charge in [-0.15, -0.1) is 0 Å². The summed E-state index contributed by atoms with van der Waals surface area (Å²) >= 11 is 0. The zero-order valence-corrected chi connectivity index (χ0v) is 10.2. The van der Waals surface area contributed by atoms with E-state index in [1.807, 2.05) is 0 Å². The van der Waals surface area contributed by atoms with E-state index in [0.717, 1.165) is 18.4 Å². The average molecular weight is 211 g/mol. The molecular formula is C13H25NO. The first-order chi connectivity index (χ1) is 7.29. The van der Waals surface area contributed by atoms with Crippen molar-refractivity contribution < 1.29 is 4.74 Å². The van der Waals surface area contributed by atoms with Crippen molar-refractivity contribution in [2.75, 3.05) is 13.7 Å². The molecule has 0 bridgehead atoms. The second kappa shape index (κ2) is 5.31. The predicted octanol–water partition coefficient (Wildman–Crippen LogP) is 2.58. The largest absolute Gasteiger partial charge is 0.377 e. The minimum atomic E-state index is 0.470. The molecule has 0 amide bonds. The van der Waals surface area contributed by atoms with Crippen LogP contribution in [0, 0.1) is 11.8 Å². The Morgan fingerprint density at radius 2 is 2.00 bits per heavy atom. The number of rotatable bonds is 5. The first-order valence-electron chi connectivity index (χ1n) is 6.58. The van der Waals surface area contributed by atoms with Gasteiger partial charge in [-0.2, -0.15) is 0 Å². The Morgan fingerprint density at radius 1 is 1.20 bits per heavy atom. The van der Waals surface area contributed by atoms with E-state index < -0.39 is 0 Å². The highest BCUT2D eigenvalue weighted by molar-refractivity contribution is 4.84. The van der Waals surface area contributed by atoms with Crippen molar-refractivity contribution in [1.29, 1.82) is 0 Å². The molecule has 88 valence electrons. The molecule has 0 aromatic carbocycles. The van der Waals surface area contributed by atoms with E-state index in [-0.39, 0.29) is 0 Å². The van der Waals surface area contributed by atoms with Crippen LogP contribution < -0.4 is 5.32 Å². The van der Waals surface area contributed by atoms with Gasteiger partial charge in [-0.25, -0.2) is 0 Å². The maximum atomic E-state index is 6.05. The van der Waals surface area contributed by atoms with Gasteiger partial charge in [0.15, 0.2) is 0 Å². The number of nitrogens with one attached hydrogen (secondary N) is 1. The SMILES string of the molecule is CNC1CCC(C)CC1OCCC1CC1. The summed E-state index contributed by atoms with van der Waals surface area (Å²) in [6, 6.07) is 0.598. The molecule has 0 heterocycles. The van der Waals surface area contributed by atoms with Crippen LogP contribution in [0.2, 0.25) is 0 Å². The fraction of sp³-hybridized carbons (Fsp3) is 1.00. The summed E-state index contributed by atoms with van der Waals surface area (Å²) in [5, 5.41) is 3.40. The van der Waals surface area contributed by atoms with E-state index in [1.165, 1.54) is 38.5 Å². The third kappa shape index (κ3) is 3.46. The standard InChI is InChI=1S/C13H25NO/c1-10-3-6-12(14-2)13(9-10)15-8-7-11-4-5-11/h10-14H,3-9H2,1-2H3. The van der Waals surface area contributed by atoms with Crippen molar-refractivity contribution in [2.45, 2.75) is 57.6 Å². The molecule has 0 spiro atoms. The lowest BCUT2D eigenvalue weighted by atomic mass is 9.85. The van der Waals surface area contributed by atoms with E-state index in [2.05, 4.69) is 19.3 Å². The van der Waals surface area contributed by atoms with Crippen LogP contribution in [-0.2, 0) is 4.74 Å². The second-order valence-corrected chi connectivity index (χ2v) is 5.45. The first-order valence-corrected chi connectivity index (χ1v) is 6.58. The minimum absolute atomic E-state index is 0.470. The highest BCUT2D eigenvalue weighted by atomic mass is 16.5. The Bertz CT molecular complexity index is 191. The van der Waals surface area contributed by atoms with Crippen LogP contribution in [0.5, 0.6) is 0 Å². The van der Waals surface area contributed by atoms with Gasteiger partial charge in [0.2, 0.25) is 0 Å². The molecule has 2 rings (SSSR count). The Balaban J connectivity index is 1.70. The van der Waals surface area contributed by atoms with Gasteiger partial charge in [0, 0.05) is 12.6 Å². The van der Waals surface area contributed by atoms with Gasteiger partial charge in [-0.05, 0) is 44.6 Å². The predicted molar refractivity (Wildman–Crippen MR) is 62.9 cm³/mol. The van der Waals surface area contributed by atoms with E-state index in [1.54, 1.807) is 0 Å². The van der Waals surface area contributed by atoms with Crippen molar-refractivity contribution in [2.24, 2.45) is 11.8 Å². The van der Waals surface area contributed by atoms with Gasteiger partial charge >= 0.3 is 0 Å². The third-order valence-corrected chi connectivity index (χ3v) is 3.98. The lowest BCUT2D eigenvalue weighted by molar-refractivity contribution is -0.00805. The van der Waals surface area contributed by atoms with Crippen molar-refractivity contribution in [3.63, 3.8) is 0 Å². The molecule has 0 aromatic rings. The number of hydrogen-bond donors (Lipinski definition) is 1. The average Bonchev–Trinajstić information content (AvgIpc) is 3.02. The van der Waals surface area contributed by atoms with Crippen LogP contribution in [0.1, 0.15) is 45.4 Å². The van der Waals surface area contributed by atoms with Gasteiger partial charge < -0.3 is 10.1 Å². The highest BCUT2D eigenvalue weighted by Crippen LogP contribution is 2.33. The molecule has 2 fully saturated rings. The molecule has 2 heteroatoms. The smallest absolute Gasteiger partial charge is 0.0730 e. The van der Waals surface area contributed by atoms with Gasteiger partial charge in [-0.1, -0.05) is 19.8 Å². The summed E-state index contributed by atoms with van der Waals surface area (Å²) < 4.78 is 6.05. The number of hydrogen-bond acceptors (Lipinski definition) is 2. The van der Waals surface area contributed by atoms with Gasteiger partial charge in [-0.3, -0.25) is 0 Å². The van der Waals surface area contributed by atoms with Crippen LogP contribution in [0.4, 0.5) is 0 Å². The van der Waals surface area contributed by atoms with E-state index in [9.17, 15) is 0 Å². The van der Waals surface area contributed by atoms with Crippen molar-refractivity contribution in [3.05, 3.63) is 0 Å². The number of ether oxygens (including phenoxy) is 1. The molecule has 2 aliphatic rings. The van der Waals surface area contributed by atoms with E-state index in [0.29, 0.717) is 12.1 Å². The first kappa shape index (κ1) is 11.4. The van der Waals surface area contributed by atoms with Crippen LogP contribution in [-0.4, -0.2) is 25.8 Å². The van der Waals surface area contributed by atoms with Crippen molar-refractivity contribution >= 4 is 0 Å². The molecule has 0 saturated heterocycles. The fourth-order valence-electron chi connectivity index (χ4n) is 2.64. The molecule has 2 saturated carbocycles. The van der Waals surface area contributed by atoms with Crippen LogP contribution in [0.25, 0.3) is 0 Å². The lowest BCUT2D eigenvalue weighted by Crippen LogP contribution is -2.43. The molecule has 0 aromatic heterocycles. The second-order valence-electron chi connectivity index (χ2n) is 5.45. The quantitative estimate of drug-likeness (QED) is 0.754. The summed E-state index contributed by atoms with van der Waals surface area (Å²) in [7, 11) is 2.07. The minimum Gasteiger partial charge on any atom is -0.377 e. The molecule has 0 aliphatic heterocycles. The lowest BCUT2D eigenvalue weighted by Gasteiger charge is -2.34. The zero-order valence-electron chi connectivity index (χ0n) is 10.2. The molecule has 3 unspecified atom stereocenters. The highest BCUT2D eigenvalue weighted by Gasteiger charge is 2.29. The fourth-order valence-corrected chi connectivity index (χ4v) is 2.64. The Kier molecular flexibility index (Phi) is 4.04. The molecule has 2 nitrogen and oxygen atoms in total.